The third-order valence-electron chi connectivity index (χ3n) is 3.28. The van der Waals surface area contributed by atoms with Gasteiger partial charge in [0, 0.05) is 25.2 Å². The van der Waals surface area contributed by atoms with E-state index in [4.69, 9.17) is 10.8 Å². The number of halogens is 3. The fourth-order valence-corrected chi connectivity index (χ4v) is 2.05. The van der Waals surface area contributed by atoms with Crippen LogP contribution >= 0.6 is 0 Å². The molecule has 1 aromatic carbocycles. The van der Waals surface area contributed by atoms with Gasteiger partial charge in [-0.3, -0.25) is 0 Å². The Morgan fingerprint density at radius 3 is 2.25 bits per heavy atom. The zero-order chi connectivity index (χ0) is 15.2. The molecule has 1 aromatic rings. The average Bonchev–Trinajstić information content (AvgIpc) is 2.42. The minimum atomic E-state index is -4.33. The lowest BCUT2D eigenvalue weighted by molar-refractivity contribution is -0.137. The Kier molecular flexibility index (Phi) is 6.45. The maximum Gasteiger partial charge on any atom is 0.416 e. The summed E-state index contributed by atoms with van der Waals surface area (Å²) in [6, 6.07) is 4.89. The molecule has 0 bridgehead atoms. The second-order valence-electron chi connectivity index (χ2n) is 4.69. The van der Waals surface area contributed by atoms with Crippen molar-refractivity contribution in [3.8, 4) is 0 Å². The Morgan fingerprint density at radius 2 is 1.85 bits per heavy atom. The minimum Gasteiger partial charge on any atom is -0.396 e. The van der Waals surface area contributed by atoms with Gasteiger partial charge in [-0.15, -0.1) is 0 Å². The molecule has 3 nitrogen and oxygen atoms in total. The summed E-state index contributed by atoms with van der Waals surface area (Å²) >= 11 is 0. The van der Waals surface area contributed by atoms with Crippen LogP contribution in [0.2, 0.25) is 0 Å². The first-order valence-electron chi connectivity index (χ1n) is 6.66. The minimum absolute atomic E-state index is 0.0653. The molecule has 0 fully saturated rings. The van der Waals surface area contributed by atoms with Gasteiger partial charge >= 0.3 is 6.18 Å². The highest BCUT2D eigenvalue weighted by molar-refractivity contribution is 5.27. The molecule has 2 unspecified atom stereocenters. The van der Waals surface area contributed by atoms with Gasteiger partial charge in [-0.25, -0.2) is 0 Å². The molecule has 0 heterocycles. The van der Waals surface area contributed by atoms with Crippen LogP contribution in [0.3, 0.4) is 0 Å². The van der Waals surface area contributed by atoms with E-state index in [1.165, 1.54) is 12.1 Å². The first kappa shape index (κ1) is 16.9. The third kappa shape index (κ3) is 4.77. The normalized spacial score (nSPS) is 15.1. The molecule has 6 heteroatoms. The van der Waals surface area contributed by atoms with Gasteiger partial charge in [0.1, 0.15) is 0 Å². The highest BCUT2D eigenvalue weighted by atomic mass is 19.4. The molecule has 20 heavy (non-hydrogen) atoms. The van der Waals surface area contributed by atoms with E-state index >= 15 is 0 Å². The van der Waals surface area contributed by atoms with E-state index in [0.717, 1.165) is 24.1 Å². The maximum atomic E-state index is 12.5. The lowest BCUT2D eigenvalue weighted by atomic mass is 10.0. The van der Waals surface area contributed by atoms with Crippen LogP contribution in [0.5, 0.6) is 0 Å². The molecule has 0 saturated carbocycles. The van der Waals surface area contributed by atoms with E-state index in [-0.39, 0.29) is 25.2 Å². The van der Waals surface area contributed by atoms with Crippen LogP contribution in [0.25, 0.3) is 0 Å². The van der Waals surface area contributed by atoms with Crippen LogP contribution in [0.1, 0.15) is 36.9 Å². The van der Waals surface area contributed by atoms with Gasteiger partial charge in [0.05, 0.1) is 5.56 Å². The SMILES string of the molecule is CCC(CCO)NC(CN)c1ccc(C(F)(F)F)cc1. The van der Waals surface area contributed by atoms with Gasteiger partial charge < -0.3 is 16.2 Å². The van der Waals surface area contributed by atoms with Gasteiger partial charge in [-0.05, 0) is 30.5 Å². The van der Waals surface area contributed by atoms with Gasteiger partial charge in [0.15, 0.2) is 0 Å². The topological polar surface area (TPSA) is 58.3 Å². The lowest BCUT2D eigenvalue weighted by Gasteiger charge is -2.24. The van der Waals surface area contributed by atoms with Crippen molar-refractivity contribution < 1.29 is 18.3 Å². The predicted octanol–water partition coefficient (Wildman–Crippen LogP) is 2.46. The highest BCUT2D eigenvalue weighted by Crippen LogP contribution is 2.29. The van der Waals surface area contributed by atoms with Gasteiger partial charge in [-0.1, -0.05) is 19.1 Å². The summed E-state index contributed by atoms with van der Waals surface area (Å²) < 4.78 is 37.5. The van der Waals surface area contributed by atoms with Crippen LogP contribution in [0.4, 0.5) is 13.2 Å². The summed E-state index contributed by atoms with van der Waals surface area (Å²) in [6.45, 7) is 2.33. The number of nitrogens with one attached hydrogen (secondary N) is 1. The summed E-state index contributed by atoms with van der Waals surface area (Å²) in [5.74, 6) is 0. The zero-order valence-corrected chi connectivity index (χ0v) is 11.5. The van der Waals surface area contributed by atoms with Crippen LogP contribution in [-0.4, -0.2) is 24.3 Å². The van der Waals surface area contributed by atoms with E-state index in [1.807, 2.05) is 6.92 Å². The molecule has 114 valence electrons. The molecule has 0 amide bonds. The fraction of sp³-hybridized carbons (Fsp3) is 0.571. The second-order valence-corrected chi connectivity index (χ2v) is 4.69. The summed E-state index contributed by atoms with van der Waals surface area (Å²) in [4.78, 5) is 0. The highest BCUT2D eigenvalue weighted by Gasteiger charge is 2.30. The molecule has 0 radical (unpaired) electrons. The molecule has 1 rings (SSSR count). The molecular weight excluding hydrogens is 269 g/mol. The van der Waals surface area contributed by atoms with Crippen molar-refractivity contribution in [3.63, 3.8) is 0 Å². The Hall–Kier alpha value is -1.11. The van der Waals surface area contributed by atoms with E-state index < -0.39 is 11.7 Å². The number of nitrogens with two attached hydrogens (primary N) is 1. The second kappa shape index (κ2) is 7.61. The summed E-state index contributed by atoms with van der Waals surface area (Å²) in [6.07, 6.45) is -2.92. The van der Waals surface area contributed by atoms with E-state index in [2.05, 4.69) is 5.32 Å². The molecule has 0 spiro atoms. The van der Waals surface area contributed by atoms with Gasteiger partial charge in [-0.2, -0.15) is 13.2 Å². The monoisotopic (exact) mass is 290 g/mol. The zero-order valence-electron chi connectivity index (χ0n) is 11.5. The molecule has 0 aliphatic rings. The standard InChI is InChI=1S/C14H21F3N2O/c1-2-12(7-8-20)19-13(9-18)10-3-5-11(6-4-10)14(15,16)17/h3-6,12-13,19-20H,2,7-9,18H2,1H3. The quantitative estimate of drug-likeness (QED) is 0.723. The Balaban J connectivity index is 2.79. The van der Waals surface area contributed by atoms with Crippen molar-refractivity contribution in [2.24, 2.45) is 5.73 Å². The number of benzene rings is 1. The molecular formula is C14H21F3N2O. The van der Waals surface area contributed by atoms with Crippen molar-refractivity contribution in [2.75, 3.05) is 13.2 Å². The van der Waals surface area contributed by atoms with Crippen molar-refractivity contribution in [3.05, 3.63) is 35.4 Å². The van der Waals surface area contributed by atoms with Crippen molar-refractivity contribution >= 4 is 0 Å². The summed E-state index contributed by atoms with van der Waals surface area (Å²) in [7, 11) is 0. The van der Waals surface area contributed by atoms with Crippen LogP contribution in [-0.2, 0) is 6.18 Å². The Morgan fingerprint density at radius 1 is 1.25 bits per heavy atom. The van der Waals surface area contributed by atoms with Crippen molar-refractivity contribution in [2.45, 2.75) is 38.0 Å². The molecule has 0 aliphatic heterocycles. The van der Waals surface area contributed by atoms with E-state index in [0.29, 0.717) is 6.42 Å². The number of hydrogen-bond acceptors (Lipinski definition) is 3. The van der Waals surface area contributed by atoms with E-state index in [9.17, 15) is 13.2 Å². The smallest absolute Gasteiger partial charge is 0.396 e. The molecule has 4 N–H and O–H groups in total. The van der Waals surface area contributed by atoms with Crippen LogP contribution < -0.4 is 11.1 Å². The van der Waals surface area contributed by atoms with Gasteiger partial charge in [0.25, 0.3) is 0 Å². The third-order valence-corrected chi connectivity index (χ3v) is 3.28. The van der Waals surface area contributed by atoms with Crippen LogP contribution in [0, 0.1) is 0 Å². The lowest BCUT2D eigenvalue weighted by Crippen LogP contribution is -2.37. The molecule has 2 atom stereocenters. The summed E-state index contributed by atoms with van der Waals surface area (Å²) in [5.41, 5.74) is 5.73. The number of aliphatic hydroxyl groups excluding tert-OH is 1. The average molecular weight is 290 g/mol. The number of rotatable bonds is 7. The molecule has 0 aliphatic carbocycles. The number of aliphatic hydroxyl groups is 1. The first-order valence-corrected chi connectivity index (χ1v) is 6.66. The van der Waals surface area contributed by atoms with Crippen molar-refractivity contribution in [1.82, 2.24) is 5.32 Å². The predicted molar refractivity (Wildman–Crippen MR) is 72.2 cm³/mol. The Labute approximate surface area is 117 Å². The maximum absolute atomic E-state index is 12.5. The summed E-state index contributed by atoms with van der Waals surface area (Å²) in [5, 5.41) is 12.2. The van der Waals surface area contributed by atoms with E-state index in [1.54, 1.807) is 0 Å². The van der Waals surface area contributed by atoms with Crippen LogP contribution in [0.15, 0.2) is 24.3 Å². The molecule has 0 aromatic heterocycles. The Bertz CT molecular complexity index is 392. The fourth-order valence-electron chi connectivity index (χ4n) is 2.05. The first-order chi connectivity index (χ1) is 9.42. The molecule has 0 saturated heterocycles. The largest absolute Gasteiger partial charge is 0.416 e. The van der Waals surface area contributed by atoms with Crippen molar-refractivity contribution in [1.29, 1.82) is 0 Å². The number of alkyl halides is 3. The number of hydrogen-bond donors (Lipinski definition) is 3. The van der Waals surface area contributed by atoms with Gasteiger partial charge in [0.2, 0.25) is 0 Å².